The number of carboxylic acids is 1. The highest BCUT2D eigenvalue weighted by Crippen LogP contribution is 2.18. The summed E-state index contributed by atoms with van der Waals surface area (Å²) in [4.78, 5) is 23.8. The van der Waals surface area contributed by atoms with E-state index in [1.807, 2.05) is 0 Å². The Hall–Kier alpha value is -1.10. The van der Waals surface area contributed by atoms with E-state index in [4.69, 9.17) is 15.3 Å². The highest BCUT2D eigenvalue weighted by molar-refractivity contribution is 5.86. The van der Waals surface area contributed by atoms with Crippen molar-refractivity contribution in [1.82, 2.24) is 4.90 Å². The Morgan fingerprint density at radius 2 is 1.85 bits per heavy atom. The SMILES string of the molecule is O=C(CN1C[C@H](O)C[C@H]1C(=O)O)[C@@H](O)[C@H](O)[C@H](O)CO. The predicted molar refractivity (Wildman–Crippen MR) is 63.7 cm³/mol. The fourth-order valence-corrected chi connectivity index (χ4v) is 2.11. The molecular formula is C11H19NO8. The highest BCUT2D eigenvalue weighted by atomic mass is 16.4. The van der Waals surface area contributed by atoms with E-state index in [-0.39, 0.29) is 13.0 Å². The Balaban J connectivity index is 2.63. The number of β-amino-alcohol motifs (C(OH)–C–C–N with tert-alkyl or cyclic N) is 1. The molecule has 9 nitrogen and oxygen atoms in total. The van der Waals surface area contributed by atoms with Crippen LogP contribution in [0.25, 0.3) is 0 Å². The third kappa shape index (κ3) is 3.95. The third-order valence-corrected chi connectivity index (χ3v) is 3.26. The average Bonchev–Trinajstić information content (AvgIpc) is 2.76. The second-order valence-electron chi connectivity index (χ2n) is 4.82. The fraction of sp³-hybridized carbons (Fsp3) is 0.818. The van der Waals surface area contributed by atoms with Crippen LogP contribution in [0.2, 0.25) is 0 Å². The lowest BCUT2D eigenvalue weighted by molar-refractivity contribution is -0.145. The monoisotopic (exact) mass is 293 g/mol. The topological polar surface area (TPSA) is 159 Å². The van der Waals surface area contributed by atoms with Crippen molar-refractivity contribution in [3.8, 4) is 0 Å². The molecule has 9 heteroatoms. The number of ketones is 1. The van der Waals surface area contributed by atoms with Gasteiger partial charge >= 0.3 is 5.97 Å². The number of nitrogens with zero attached hydrogens (tertiary/aromatic N) is 1. The molecule has 1 rings (SSSR count). The molecule has 0 amide bonds. The molecule has 0 aromatic carbocycles. The average molecular weight is 293 g/mol. The standard InChI is InChI=1S/C11H19NO8/c13-4-8(16)10(18)9(17)7(15)3-12-2-5(14)1-6(12)11(19)20/h5-6,8-10,13-14,16-18H,1-4H2,(H,19,20)/t5-,6+,8-,9-,10-/m1/s1. The van der Waals surface area contributed by atoms with Crippen molar-refractivity contribution in [3.63, 3.8) is 0 Å². The van der Waals surface area contributed by atoms with Gasteiger partial charge in [0.05, 0.1) is 19.3 Å². The lowest BCUT2D eigenvalue weighted by Crippen LogP contribution is -2.49. The molecule has 0 aromatic rings. The van der Waals surface area contributed by atoms with E-state index in [2.05, 4.69) is 0 Å². The molecule has 1 aliphatic heterocycles. The molecule has 1 aliphatic rings. The van der Waals surface area contributed by atoms with Gasteiger partial charge in [-0.05, 0) is 0 Å². The van der Waals surface area contributed by atoms with Crippen LogP contribution in [0.15, 0.2) is 0 Å². The van der Waals surface area contributed by atoms with Gasteiger partial charge in [0.15, 0.2) is 5.78 Å². The van der Waals surface area contributed by atoms with Gasteiger partial charge in [-0.2, -0.15) is 0 Å². The van der Waals surface area contributed by atoms with Gasteiger partial charge in [-0.25, -0.2) is 0 Å². The Bertz CT molecular complexity index is 362. The van der Waals surface area contributed by atoms with E-state index < -0.39 is 55.4 Å². The van der Waals surface area contributed by atoms with Crippen LogP contribution < -0.4 is 0 Å². The highest BCUT2D eigenvalue weighted by Gasteiger charge is 2.39. The van der Waals surface area contributed by atoms with E-state index >= 15 is 0 Å². The summed E-state index contributed by atoms with van der Waals surface area (Å²) < 4.78 is 0. The predicted octanol–water partition coefficient (Wildman–Crippen LogP) is -3.85. The number of Topliss-reactive ketones (excluding diaryl/α,β-unsaturated/α-hetero) is 1. The number of carboxylic acid groups (broad SMARTS) is 1. The minimum absolute atomic E-state index is 0.0273. The lowest BCUT2D eigenvalue weighted by Gasteiger charge is -2.24. The number of rotatable bonds is 7. The van der Waals surface area contributed by atoms with Crippen molar-refractivity contribution in [2.75, 3.05) is 19.7 Å². The molecule has 0 aliphatic carbocycles. The van der Waals surface area contributed by atoms with E-state index in [1.165, 1.54) is 4.90 Å². The van der Waals surface area contributed by atoms with Crippen molar-refractivity contribution in [2.45, 2.75) is 36.9 Å². The second-order valence-corrected chi connectivity index (χ2v) is 4.82. The Morgan fingerprint density at radius 1 is 1.25 bits per heavy atom. The molecule has 0 bridgehead atoms. The van der Waals surface area contributed by atoms with Gasteiger partial charge in [0.25, 0.3) is 0 Å². The Kier molecular flexibility index (Phi) is 5.99. The maximum atomic E-state index is 11.7. The summed E-state index contributed by atoms with van der Waals surface area (Å²) in [6.07, 6.45) is -6.38. The van der Waals surface area contributed by atoms with Crippen LogP contribution in [0.3, 0.4) is 0 Å². The van der Waals surface area contributed by atoms with Crippen LogP contribution >= 0.6 is 0 Å². The number of aliphatic hydroxyl groups excluding tert-OH is 5. The van der Waals surface area contributed by atoms with Crippen molar-refractivity contribution >= 4 is 11.8 Å². The van der Waals surface area contributed by atoms with Crippen molar-refractivity contribution in [2.24, 2.45) is 0 Å². The summed E-state index contributed by atoms with van der Waals surface area (Å²) >= 11 is 0. The summed E-state index contributed by atoms with van der Waals surface area (Å²) in [6.45, 7) is -1.34. The number of aliphatic hydroxyl groups is 5. The number of carbonyl (C=O) groups excluding carboxylic acids is 1. The van der Waals surface area contributed by atoms with Gasteiger partial charge in [0, 0.05) is 13.0 Å². The Morgan fingerprint density at radius 3 is 2.35 bits per heavy atom. The van der Waals surface area contributed by atoms with E-state index in [1.54, 1.807) is 0 Å². The molecule has 116 valence electrons. The molecule has 0 aromatic heterocycles. The Labute approximate surface area is 114 Å². The van der Waals surface area contributed by atoms with Gasteiger partial charge in [0.1, 0.15) is 24.4 Å². The van der Waals surface area contributed by atoms with Gasteiger partial charge < -0.3 is 30.6 Å². The molecular weight excluding hydrogens is 274 g/mol. The first kappa shape index (κ1) is 17.0. The maximum Gasteiger partial charge on any atom is 0.321 e. The summed E-state index contributed by atoms with van der Waals surface area (Å²) in [6, 6.07) is -1.04. The number of carbonyl (C=O) groups is 2. The molecule has 1 saturated heterocycles. The summed E-state index contributed by atoms with van der Waals surface area (Å²) in [5.41, 5.74) is 0. The molecule has 1 fully saturated rings. The second kappa shape index (κ2) is 7.07. The van der Waals surface area contributed by atoms with Crippen LogP contribution in [-0.2, 0) is 9.59 Å². The van der Waals surface area contributed by atoms with Gasteiger partial charge in [-0.15, -0.1) is 0 Å². The first-order valence-corrected chi connectivity index (χ1v) is 6.10. The molecule has 5 atom stereocenters. The van der Waals surface area contributed by atoms with Gasteiger partial charge in [0.2, 0.25) is 0 Å². The van der Waals surface area contributed by atoms with Crippen LogP contribution in [-0.4, -0.2) is 97.4 Å². The normalized spacial score (nSPS) is 28.1. The van der Waals surface area contributed by atoms with Gasteiger partial charge in [-0.3, -0.25) is 14.5 Å². The van der Waals surface area contributed by atoms with Crippen LogP contribution in [0.1, 0.15) is 6.42 Å². The van der Waals surface area contributed by atoms with E-state index in [0.717, 1.165) is 0 Å². The maximum absolute atomic E-state index is 11.7. The molecule has 0 radical (unpaired) electrons. The summed E-state index contributed by atoms with van der Waals surface area (Å²) in [5.74, 6) is -2.09. The van der Waals surface area contributed by atoms with E-state index in [0.29, 0.717) is 0 Å². The molecule has 0 saturated carbocycles. The fourth-order valence-electron chi connectivity index (χ4n) is 2.11. The third-order valence-electron chi connectivity index (χ3n) is 3.26. The minimum Gasteiger partial charge on any atom is -0.480 e. The molecule has 0 spiro atoms. The number of hydrogen-bond donors (Lipinski definition) is 6. The zero-order valence-corrected chi connectivity index (χ0v) is 10.7. The van der Waals surface area contributed by atoms with Crippen LogP contribution in [0.5, 0.6) is 0 Å². The molecule has 20 heavy (non-hydrogen) atoms. The molecule has 1 heterocycles. The molecule has 6 N–H and O–H groups in total. The van der Waals surface area contributed by atoms with Gasteiger partial charge in [-0.1, -0.05) is 0 Å². The summed E-state index contributed by atoms with van der Waals surface area (Å²) in [5, 5.41) is 55.0. The number of likely N-dealkylation sites (tertiary alicyclic amines) is 1. The minimum atomic E-state index is -1.94. The number of hydrogen-bond acceptors (Lipinski definition) is 8. The van der Waals surface area contributed by atoms with Crippen LogP contribution in [0.4, 0.5) is 0 Å². The van der Waals surface area contributed by atoms with E-state index in [9.17, 15) is 24.9 Å². The smallest absolute Gasteiger partial charge is 0.321 e. The summed E-state index contributed by atoms with van der Waals surface area (Å²) in [7, 11) is 0. The van der Waals surface area contributed by atoms with Crippen LogP contribution in [0, 0.1) is 0 Å². The van der Waals surface area contributed by atoms with Crippen molar-refractivity contribution in [3.05, 3.63) is 0 Å². The molecule has 0 unspecified atom stereocenters. The zero-order valence-electron chi connectivity index (χ0n) is 10.7. The lowest BCUT2D eigenvalue weighted by atomic mass is 10.0. The first-order chi connectivity index (χ1) is 9.27. The number of aliphatic carboxylic acids is 1. The quantitative estimate of drug-likeness (QED) is 0.276. The first-order valence-electron chi connectivity index (χ1n) is 6.10. The largest absolute Gasteiger partial charge is 0.480 e. The zero-order chi connectivity index (χ0) is 15.4. The van der Waals surface area contributed by atoms with Crippen molar-refractivity contribution < 1.29 is 40.2 Å². The van der Waals surface area contributed by atoms with Crippen molar-refractivity contribution in [1.29, 1.82) is 0 Å².